The molecule has 1 heterocycles. The van der Waals surface area contributed by atoms with Crippen LogP contribution in [0, 0.1) is 11.3 Å². The Morgan fingerprint density at radius 2 is 2.13 bits per heavy atom. The van der Waals surface area contributed by atoms with E-state index in [0.717, 1.165) is 6.07 Å². The molecule has 1 aromatic carbocycles. The highest BCUT2D eigenvalue weighted by molar-refractivity contribution is 6.03. The van der Waals surface area contributed by atoms with Gasteiger partial charge in [0, 0.05) is 12.0 Å². The summed E-state index contributed by atoms with van der Waals surface area (Å²) in [6.45, 7) is -0.176. The molecule has 1 N–H and O–H groups in total. The Morgan fingerprint density at radius 3 is 2.74 bits per heavy atom. The second-order valence-corrected chi connectivity index (χ2v) is 4.98. The fraction of sp³-hybridized carbons (Fsp3) is 0.400. The number of carbonyl (C=O) groups is 1. The number of hydrogen-bond acceptors (Lipinski definition) is 4. The van der Waals surface area contributed by atoms with E-state index >= 15 is 0 Å². The molecule has 1 aliphatic rings. The molecular weight excluding hydrogens is 311 g/mol. The summed E-state index contributed by atoms with van der Waals surface area (Å²) in [6.07, 6.45) is -3.58. The van der Waals surface area contributed by atoms with Crippen molar-refractivity contribution in [1.82, 2.24) is 5.43 Å². The van der Waals surface area contributed by atoms with Gasteiger partial charge < -0.3 is 4.74 Å². The van der Waals surface area contributed by atoms with Crippen LogP contribution in [0.2, 0.25) is 0 Å². The maximum Gasteiger partial charge on any atom is 0.428 e. The van der Waals surface area contributed by atoms with Crippen LogP contribution in [0.25, 0.3) is 0 Å². The number of cyclic esters (lactones) is 1. The SMILES string of the molecule is N#CCCCCc1ccc(C2=NNC(=O)OC2)cc1C(F)(F)F. The number of nitrogens with one attached hydrogen (secondary N) is 1. The van der Waals surface area contributed by atoms with Crippen LogP contribution in [-0.4, -0.2) is 18.4 Å². The summed E-state index contributed by atoms with van der Waals surface area (Å²) in [5.41, 5.74) is 1.99. The Balaban J connectivity index is 2.24. The van der Waals surface area contributed by atoms with Crippen LogP contribution in [0.1, 0.15) is 36.0 Å². The van der Waals surface area contributed by atoms with Gasteiger partial charge in [-0.05, 0) is 30.9 Å². The van der Waals surface area contributed by atoms with E-state index in [2.05, 4.69) is 10.5 Å². The largest absolute Gasteiger partial charge is 0.442 e. The number of benzene rings is 1. The number of halogens is 3. The van der Waals surface area contributed by atoms with E-state index in [1.165, 1.54) is 12.1 Å². The predicted octanol–water partition coefficient (Wildman–Crippen LogP) is 3.39. The maximum atomic E-state index is 13.2. The normalized spacial score (nSPS) is 14.5. The summed E-state index contributed by atoms with van der Waals surface area (Å²) in [4.78, 5) is 10.8. The predicted molar refractivity (Wildman–Crippen MR) is 75.6 cm³/mol. The molecule has 0 unspecified atom stereocenters. The minimum atomic E-state index is -4.49. The number of nitriles is 1. The van der Waals surface area contributed by atoms with Gasteiger partial charge in [0.1, 0.15) is 12.3 Å². The lowest BCUT2D eigenvalue weighted by atomic mass is 9.97. The van der Waals surface area contributed by atoms with Gasteiger partial charge in [-0.15, -0.1) is 0 Å². The average molecular weight is 325 g/mol. The van der Waals surface area contributed by atoms with Crippen LogP contribution < -0.4 is 5.43 Å². The molecule has 1 amide bonds. The highest BCUT2D eigenvalue weighted by atomic mass is 19.4. The van der Waals surface area contributed by atoms with Crippen molar-refractivity contribution in [2.45, 2.75) is 31.9 Å². The van der Waals surface area contributed by atoms with E-state index in [-0.39, 0.29) is 29.9 Å². The van der Waals surface area contributed by atoms with E-state index < -0.39 is 17.8 Å². The summed E-state index contributed by atoms with van der Waals surface area (Å²) in [6, 6.07) is 5.91. The fourth-order valence-electron chi connectivity index (χ4n) is 2.22. The number of unbranched alkanes of at least 4 members (excludes halogenated alkanes) is 2. The third-order valence-corrected chi connectivity index (χ3v) is 3.36. The molecule has 0 bridgehead atoms. The molecular formula is C15H14F3N3O2. The summed E-state index contributed by atoms with van der Waals surface area (Å²) < 4.78 is 44.4. The van der Waals surface area contributed by atoms with Crippen molar-refractivity contribution in [2.75, 3.05) is 6.61 Å². The summed E-state index contributed by atoms with van der Waals surface area (Å²) in [5, 5.41) is 12.2. The number of amides is 1. The number of hydrogen-bond donors (Lipinski definition) is 1. The molecule has 0 spiro atoms. The molecule has 2 rings (SSSR count). The number of ether oxygens (including phenoxy) is 1. The summed E-state index contributed by atoms with van der Waals surface area (Å²) in [7, 11) is 0. The number of rotatable bonds is 5. The number of hydrazone groups is 1. The monoisotopic (exact) mass is 325 g/mol. The zero-order valence-corrected chi connectivity index (χ0v) is 12.1. The van der Waals surface area contributed by atoms with Gasteiger partial charge >= 0.3 is 12.3 Å². The van der Waals surface area contributed by atoms with Gasteiger partial charge in [0.25, 0.3) is 0 Å². The molecule has 0 fully saturated rings. The fourth-order valence-corrected chi connectivity index (χ4v) is 2.22. The van der Waals surface area contributed by atoms with Gasteiger partial charge in [-0.25, -0.2) is 10.2 Å². The molecule has 0 aromatic heterocycles. The third-order valence-electron chi connectivity index (χ3n) is 3.36. The standard InChI is InChI=1S/C15H14F3N3O2/c16-15(17,18)12-8-11(13-9-23-14(22)21-20-13)6-5-10(12)4-2-1-3-7-19/h5-6,8H,1-4,9H2,(H,21,22). The van der Waals surface area contributed by atoms with Crippen molar-refractivity contribution in [1.29, 1.82) is 5.26 Å². The van der Waals surface area contributed by atoms with Crippen LogP contribution in [0.5, 0.6) is 0 Å². The zero-order chi connectivity index (χ0) is 16.9. The number of alkyl halides is 3. The first-order valence-corrected chi connectivity index (χ1v) is 6.98. The van der Waals surface area contributed by atoms with Crippen LogP contribution >= 0.6 is 0 Å². The molecule has 0 radical (unpaired) electrons. The van der Waals surface area contributed by atoms with Gasteiger partial charge in [-0.2, -0.15) is 23.5 Å². The van der Waals surface area contributed by atoms with Gasteiger partial charge in [-0.3, -0.25) is 0 Å². The molecule has 0 saturated heterocycles. The Morgan fingerprint density at radius 1 is 1.35 bits per heavy atom. The first-order chi connectivity index (χ1) is 10.9. The molecule has 122 valence electrons. The van der Waals surface area contributed by atoms with E-state index in [1.54, 1.807) is 0 Å². The first-order valence-electron chi connectivity index (χ1n) is 6.98. The Labute approximate surface area is 130 Å². The molecule has 0 aliphatic carbocycles. The van der Waals surface area contributed by atoms with Crippen molar-refractivity contribution in [3.63, 3.8) is 0 Å². The van der Waals surface area contributed by atoms with Crippen molar-refractivity contribution in [3.8, 4) is 6.07 Å². The highest BCUT2D eigenvalue weighted by Crippen LogP contribution is 2.33. The van der Waals surface area contributed by atoms with Gasteiger partial charge in [0.2, 0.25) is 0 Å². The molecule has 23 heavy (non-hydrogen) atoms. The molecule has 0 atom stereocenters. The highest BCUT2D eigenvalue weighted by Gasteiger charge is 2.33. The van der Waals surface area contributed by atoms with Crippen molar-refractivity contribution < 1.29 is 22.7 Å². The molecule has 8 heteroatoms. The molecule has 0 saturated carbocycles. The van der Waals surface area contributed by atoms with Crippen molar-refractivity contribution in [2.24, 2.45) is 5.10 Å². The van der Waals surface area contributed by atoms with Crippen LogP contribution in [0.3, 0.4) is 0 Å². The van der Waals surface area contributed by atoms with Gasteiger partial charge in [0.05, 0.1) is 11.6 Å². The van der Waals surface area contributed by atoms with Crippen LogP contribution in [0.15, 0.2) is 23.3 Å². The lowest BCUT2D eigenvalue weighted by Crippen LogP contribution is -2.30. The van der Waals surface area contributed by atoms with Gasteiger partial charge in [-0.1, -0.05) is 12.1 Å². The number of nitrogens with zero attached hydrogens (tertiary/aromatic N) is 2. The van der Waals surface area contributed by atoms with Crippen molar-refractivity contribution in [3.05, 3.63) is 34.9 Å². The van der Waals surface area contributed by atoms with Crippen LogP contribution in [0.4, 0.5) is 18.0 Å². The molecule has 1 aromatic rings. The summed E-state index contributed by atoms with van der Waals surface area (Å²) in [5.74, 6) is 0. The number of aryl methyl sites for hydroxylation is 1. The topological polar surface area (TPSA) is 74.5 Å². The van der Waals surface area contributed by atoms with E-state index in [1.807, 2.05) is 6.07 Å². The Kier molecular flexibility index (Phi) is 5.21. The number of carbonyl (C=O) groups excluding carboxylic acids is 1. The maximum absolute atomic E-state index is 13.2. The zero-order valence-electron chi connectivity index (χ0n) is 12.1. The minimum absolute atomic E-state index is 0.176. The summed E-state index contributed by atoms with van der Waals surface area (Å²) >= 11 is 0. The van der Waals surface area contributed by atoms with E-state index in [0.29, 0.717) is 19.3 Å². The molecule has 5 nitrogen and oxygen atoms in total. The first kappa shape index (κ1) is 16.8. The van der Waals surface area contributed by atoms with E-state index in [9.17, 15) is 18.0 Å². The van der Waals surface area contributed by atoms with Crippen molar-refractivity contribution >= 4 is 11.8 Å². The Hall–Kier alpha value is -2.56. The lowest BCUT2D eigenvalue weighted by Gasteiger charge is -2.17. The minimum Gasteiger partial charge on any atom is -0.442 e. The van der Waals surface area contributed by atoms with Crippen LogP contribution in [-0.2, 0) is 17.3 Å². The second kappa shape index (κ2) is 7.13. The third kappa shape index (κ3) is 4.45. The smallest absolute Gasteiger partial charge is 0.428 e. The molecule has 1 aliphatic heterocycles. The van der Waals surface area contributed by atoms with E-state index in [4.69, 9.17) is 10.00 Å². The Bertz CT molecular complexity index is 663. The average Bonchev–Trinajstić information content (AvgIpc) is 2.51. The quantitative estimate of drug-likeness (QED) is 0.843. The second-order valence-electron chi connectivity index (χ2n) is 4.98. The van der Waals surface area contributed by atoms with Gasteiger partial charge in [0.15, 0.2) is 0 Å². The lowest BCUT2D eigenvalue weighted by molar-refractivity contribution is -0.138.